The first-order chi connectivity index (χ1) is 8.81. The average Bonchev–Trinajstić information content (AvgIpc) is 2.82. The molecule has 1 N–H and O–H groups in total. The van der Waals surface area contributed by atoms with E-state index in [9.17, 15) is 0 Å². The van der Waals surface area contributed by atoms with Crippen LogP contribution in [-0.2, 0) is 0 Å². The van der Waals surface area contributed by atoms with Gasteiger partial charge in [0.15, 0.2) is 0 Å². The minimum Gasteiger partial charge on any atom is -0.464 e. The Balaban J connectivity index is 2.10. The second-order valence-corrected chi connectivity index (χ2v) is 4.21. The highest BCUT2D eigenvalue weighted by atomic mass is 16.5. The molecule has 0 saturated heterocycles. The van der Waals surface area contributed by atoms with Crippen LogP contribution in [0.1, 0.15) is 39.5 Å². The third kappa shape index (κ3) is 3.45. The number of hydrogen-bond acceptors (Lipinski definition) is 6. The fraction of sp³-hybridized carbons (Fsp3) is 0.750. The minimum absolute atomic E-state index is 0.233. The van der Waals surface area contributed by atoms with Crippen molar-refractivity contribution in [3.63, 3.8) is 0 Å². The van der Waals surface area contributed by atoms with Crippen molar-refractivity contribution in [1.29, 1.82) is 0 Å². The van der Waals surface area contributed by atoms with E-state index in [1.54, 1.807) is 0 Å². The first-order valence-corrected chi connectivity index (χ1v) is 6.61. The Morgan fingerprint density at radius 2 is 1.83 bits per heavy atom. The van der Waals surface area contributed by atoms with Crippen LogP contribution in [-0.4, -0.2) is 34.2 Å². The van der Waals surface area contributed by atoms with E-state index in [0.29, 0.717) is 24.6 Å². The van der Waals surface area contributed by atoms with E-state index in [1.165, 1.54) is 12.8 Å². The molecule has 0 aliphatic heterocycles. The lowest BCUT2D eigenvalue weighted by atomic mass is 10.3. The van der Waals surface area contributed by atoms with Crippen molar-refractivity contribution >= 4 is 5.95 Å². The largest absolute Gasteiger partial charge is 0.464 e. The lowest BCUT2D eigenvalue weighted by Gasteiger charge is -2.12. The van der Waals surface area contributed by atoms with Crippen LogP contribution in [0.2, 0.25) is 0 Å². The molecular formula is C12H20N4O2. The maximum absolute atomic E-state index is 5.77. The molecule has 1 aliphatic carbocycles. The fourth-order valence-electron chi connectivity index (χ4n) is 1.98. The third-order valence-electron chi connectivity index (χ3n) is 2.78. The van der Waals surface area contributed by atoms with E-state index in [0.717, 1.165) is 19.4 Å². The van der Waals surface area contributed by atoms with Crippen LogP contribution in [0.25, 0.3) is 0 Å². The molecule has 0 bridgehead atoms. The molecule has 0 aromatic carbocycles. The predicted octanol–water partition coefficient (Wildman–Crippen LogP) is 2.02. The summed E-state index contributed by atoms with van der Waals surface area (Å²) in [6.45, 7) is 5.16. The van der Waals surface area contributed by atoms with Crippen LogP contribution in [0.15, 0.2) is 0 Å². The zero-order chi connectivity index (χ0) is 12.8. The van der Waals surface area contributed by atoms with Gasteiger partial charge in [0.25, 0.3) is 0 Å². The highest BCUT2D eigenvalue weighted by Crippen LogP contribution is 2.23. The molecular weight excluding hydrogens is 232 g/mol. The highest BCUT2D eigenvalue weighted by Gasteiger charge is 2.19. The molecule has 0 unspecified atom stereocenters. The second-order valence-electron chi connectivity index (χ2n) is 4.21. The van der Waals surface area contributed by atoms with Gasteiger partial charge < -0.3 is 14.8 Å². The molecule has 0 amide bonds. The van der Waals surface area contributed by atoms with Gasteiger partial charge >= 0.3 is 12.0 Å². The van der Waals surface area contributed by atoms with Gasteiger partial charge in [-0.2, -0.15) is 9.97 Å². The Morgan fingerprint density at radius 3 is 2.50 bits per heavy atom. The van der Waals surface area contributed by atoms with Crippen molar-refractivity contribution in [2.24, 2.45) is 0 Å². The SMILES string of the molecule is CCNc1nc(OCC)nc(OC2CCCC2)n1. The summed E-state index contributed by atoms with van der Waals surface area (Å²) in [5.41, 5.74) is 0. The van der Waals surface area contributed by atoms with Crippen LogP contribution in [0.5, 0.6) is 12.0 Å². The zero-order valence-corrected chi connectivity index (χ0v) is 11.0. The number of rotatable bonds is 6. The van der Waals surface area contributed by atoms with Gasteiger partial charge in [-0.05, 0) is 39.5 Å². The van der Waals surface area contributed by atoms with Crippen LogP contribution in [0.4, 0.5) is 5.95 Å². The standard InChI is InChI=1S/C12H20N4O2/c1-3-13-10-14-11(17-4-2)16-12(15-10)18-9-7-5-6-8-9/h9H,3-8H2,1-2H3,(H,13,14,15,16). The van der Waals surface area contributed by atoms with E-state index in [4.69, 9.17) is 9.47 Å². The average molecular weight is 252 g/mol. The van der Waals surface area contributed by atoms with Gasteiger partial charge in [-0.15, -0.1) is 4.98 Å². The van der Waals surface area contributed by atoms with Gasteiger partial charge in [-0.3, -0.25) is 0 Å². The summed E-state index contributed by atoms with van der Waals surface area (Å²) in [6, 6.07) is 0.674. The van der Waals surface area contributed by atoms with Gasteiger partial charge in [0.05, 0.1) is 6.61 Å². The molecule has 6 nitrogen and oxygen atoms in total. The van der Waals surface area contributed by atoms with Gasteiger partial charge in [0, 0.05) is 6.54 Å². The number of aromatic nitrogens is 3. The van der Waals surface area contributed by atoms with E-state index >= 15 is 0 Å². The van der Waals surface area contributed by atoms with Crippen molar-refractivity contribution < 1.29 is 9.47 Å². The Kier molecular flexibility index (Phi) is 4.55. The molecule has 0 atom stereocenters. The summed E-state index contributed by atoms with van der Waals surface area (Å²) in [5.74, 6) is 0.504. The molecule has 1 aromatic rings. The summed E-state index contributed by atoms with van der Waals surface area (Å²) < 4.78 is 11.1. The molecule has 1 fully saturated rings. The van der Waals surface area contributed by atoms with E-state index in [2.05, 4.69) is 20.3 Å². The molecule has 1 aliphatic rings. The summed E-state index contributed by atoms with van der Waals surface area (Å²) >= 11 is 0. The Bertz CT molecular complexity index is 356. The number of nitrogens with one attached hydrogen (secondary N) is 1. The normalized spacial score (nSPS) is 15.7. The molecule has 0 spiro atoms. The minimum atomic E-state index is 0.233. The van der Waals surface area contributed by atoms with Crippen molar-refractivity contribution in [2.75, 3.05) is 18.5 Å². The summed E-state index contributed by atoms with van der Waals surface area (Å²) in [4.78, 5) is 12.5. The highest BCUT2D eigenvalue weighted by molar-refractivity contribution is 5.27. The Morgan fingerprint density at radius 1 is 1.11 bits per heavy atom. The summed E-state index contributed by atoms with van der Waals surface area (Å²) in [5, 5.41) is 3.05. The van der Waals surface area contributed by atoms with Crippen molar-refractivity contribution in [2.45, 2.75) is 45.6 Å². The molecule has 1 heterocycles. The summed E-state index contributed by atoms with van der Waals surface area (Å²) in [7, 11) is 0. The first kappa shape index (κ1) is 12.9. The number of hydrogen-bond donors (Lipinski definition) is 1. The second kappa shape index (κ2) is 6.37. The molecule has 18 heavy (non-hydrogen) atoms. The molecule has 6 heteroatoms. The smallest absolute Gasteiger partial charge is 0.324 e. The summed E-state index contributed by atoms with van der Waals surface area (Å²) in [6.07, 6.45) is 4.82. The molecule has 100 valence electrons. The van der Waals surface area contributed by atoms with Crippen LogP contribution < -0.4 is 14.8 Å². The number of anilines is 1. The van der Waals surface area contributed by atoms with E-state index in [-0.39, 0.29) is 6.10 Å². The lowest BCUT2D eigenvalue weighted by Crippen LogP contribution is -2.15. The molecule has 1 aromatic heterocycles. The van der Waals surface area contributed by atoms with Crippen molar-refractivity contribution in [1.82, 2.24) is 15.0 Å². The van der Waals surface area contributed by atoms with Gasteiger partial charge in [-0.25, -0.2) is 0 Å². The van der Waals surface area contributed by atoms with Gasteiger partial charge in [-0.1, -0.05) is 0 Å². The zero-order valence-electron chi connectivity index (χ0n) is 11.0. The molecule has 2 rings (SSSR count). The molecule has 0 radical (unpaired) electrons. The van der Waals surface area contributed by atoms with Gasteiger partial charge in [0.2, 0.25) is 5.95 Å². The number of nitrogens with zero attached hydrogens (tertiary/aromatic N) is 3. The quantitative estimate of drug-likeness (QED) is 0.835. The van der Waals surface area contributed by atoms with Crippen LogP contribution in [0, 0.1) is 0 Å². The van der Waals surface area contributed by atoms with E-state index in [1.807, 2.05) is 13.8 Å². The Labute approximate surface area is 107 Å². The van der Waals surface area contributed by atoms with E-state index < -0.39 is 0 Å². The van der Waals surface area contributed by atoms with Crippen LogP contribution >= 0.6 is 0 Å². The Hall–Kier alpha value is -1.59. The monoisotopic (exact) mass is 252 g/mol. The van der Waals surface area contributed by atoms with Crippen LogP contribution in [0.3, 0.4) is 0 Å². The van der Waals surface area contributed by atoms with Crippen molar-refractivity contribution in [3.8, 4) is 12.0 Å². The van der Waals surface area contributed by atoms with Gasteiger partial charge in [0.1, 0.15) is 6.10 Å². The maximum Gasteiger partial charge on any atom is 0.324 e. The van der Waals surface area contributed by atoms with Crippen molar-refractivity contribution in [3.05, 3.63) is 0 Å². The first-order valence-electron chi connectivity index (χ1n) is 6.61. The topological polar surface area (TPSA) is 69.2 Å². The maximum atomic E-state index is 5.77. The third-order valence-corrected chi connectivity index (χ3v) is 2.78. The number of ether oxygens (including phenoxy) is 2. The fourth-order valence-corrected chi connectivity index (χ4v) is 1.98. The predicted molar refractivity (Wildman–Crippen MR) is 68.0 cm³/mol. The molecule has 1 saturated carbocycles. The lowest BCUT2D eigenvalue weighted by molar-refractivity contribution is 0.187.